The van der Waals surface area contributed by atoms with Crippen LogP contribution in [0.1, 0.15) is 32.0 Å². The minimum Gasteiger partial charge on any atom is -0.495 e. The Morgan fingerprint density at radius 3 is 2.88 bits per heavy atom. The lowest BCUT2D eigenvalue weighted by atomic mass is 10.1. The van der Waals surface area contributed by atoms with Crippen LogP contribution >= 0.6 is 0 Å². The molecule has 96 valence electrons. The van der Waals surface area contributed by atoms with E-state index in [-0.39, 0.29) is 6.04 Å². The summed E-state index contributed by atoms with van der Waals surface area (Å²) >= 11 is 0. The molecule has 1 N–H and O–H groups in total. The number of hydrogen-bond donors (Lipinski definition) is 1. The SMILES string of the molecule is CCNC(CCOCC)c1ncccc1OC. The third-order valence-electron chi connectivity index (χ3n) is 2.56. The van der Waals surface area contributed by atoms with Crippen molar-refractivity contribution in [2.24, 2.45) is 0 Å². The van der Waals surface area contributed by atoms with Crippen molar-refractivity contribution in [3.05, 3.63) is 24.0 Å². The average molecular weight is 238 g/mol. The third-order valence-corrected chi connectivity index (χ3v) is 2.56. The molecule has 0 saturated carbocycles. The van der Waals surface area contributed by atoms with Crippen molar-refractivity contribution < 1.29 is 9.47 Å². The normalized spacial score (nSPS) is 12.4. The highest BCUT2D eigenvalue weighted by Gasteiger charge is 2.16. The number of methoxy groups -OCH3 is 1. The first-order valence-corrected chi connectivity index (χ1v) is 6.13. The van der Waals surface area contributed by atoms with Gasteiger partial charge in [0.05, 0.1) is 18.8 Å². The average Bonchev–Trinajstić information content (AvgIpc) is 2.38. The van der Waals surface area contributed by atoms with Crippen LogP contribution in [-0.4, -0.2) is 31.9 Å². The van der Waals surface area contributed by atoms with E-state index in [0.717, 1.165) is 37.6 Å². The molecule has 0 aromatic carbocycles. The van der Waals surface area contributed by atoms with Crippen molar-refractivity contribution in [3.63, 3.8) is 0 Å². The Morgan fingerprint density at radius 2 is 2.24 bits per heavy atom. The molecule has 4 heteroatoms. The summed E-state index contributed by atoms with van der Waals surface area (Å²) in [6.45, 7) is 6.47. The molecule has 1 rings (SSSR count). The van der Waals surface area contributed by atoms with E-state index in [4.69, 9.17) is 9.47 Å². The molecule has 1 atom stereocenters. The van der Waals surface area contributed by atoms with Crippen molar-refractivity contribution >= 4 is 0 Å². The number of ether oxygens (including phenoxy) is 2. The van der Waals surface area contributed by atoms with Crippen LogP contribution in [0.3, 0.4) is 0 Å². The molecular formula is C13H22N2O2. The maximum Gasteiger partial charge on any atom is 0.141 e. The van der Waals surface area contributed by atoms with Crippen LogP contribution < -0.4 is 10.1 Å². The third kappa shape index (κ3) is 4.32. The Morgan fingerprint density at radius 1 is 1.41 bits per heavy atom. The minimum absolute atomic E-state index is 0.183. The summed E-state index contributed by atoms with van der Waals surface area (Å²) in [5.74, 6) is 0.829. The van der Waals surface area contributed by atoms with Gasteiger partial charge in [0, 0.05) is 19.4 Å². The highest BCUT2D eigenvalue weighted by atomic mass is 16.5. The topological polar surface area (TPSA) is 43.4 Å². The van der Waals surface area contributed by atoms with E-state index in [1.807, 2.05) is 19.1 Å². The summed E-state index contributed by atoms with van der Waals surface area (Å²) < 4.78 is 10.7. The van der Waals surface area contributed by atoms with Crippen molar-refractivity contribution in [3.8, 4) is 5.75 Å². The van der Waals surface area contributed by atoms with Gasteiger partial charge in [0.1, 0.15) is 5.75 Å². The molecule has 4 nitrogen and oxygen atoms in total. The van der Waals surface area contributed by atoms with Crippen LogP contribution in [-0.2, 0) is 4.74 Å². The van der Waals surface area contributed by atoms with Crippen molar-refractivity contribution in [2.75, 3.05) is 26.9 Å². The van der Waals surface area contributed by atoms with Gasteiger partial charge in [-0.2, -0.15) is 0 Å². The summed E-state index contributed by atoms with van der Waals surface area (Å²) in [5.41, 5.74) is 0.955. The number of aromatic nitrogens is 1. The molecule has 0 radical (unpaired) electrons. The molecule has 0 saturated heterocycles. The Bertz CT molecular complexity index is 318. The van der Waals surface area contributed by atoms with Gasteiger partial charge in [-0.05, 0) is 32.0 Å². The van der Waals surface area contributed by atoms with Gasteiger partial charge in [-0.1, -0.05) is 6.92 Å². The van der Waals surface area contributed by atoms with E-state index in [1.165, 1.54) is 0 Å². The smallest absolute Gasteiger partial charge is 0.141 e. The van der Waals surface area contributed by atoms with E-state index in [9.17, 15) is 0 Å². The first-order valence-electron chi connectivity index (χ1n) is 6.13. The maximum atomic E-state index is 5.40. The monoisotopic (exact) mass is 238 g/mol. The second-order valence-corrected chi connectivity index (χ2v) is 3.69. The Balaban J connectivity index is 2.73. The summed E-state index contributed by atoms with van der Waals surface area (Å²) in [4.78, 5) is 4.40. The highest BCUT2D eigenvalue weighted by Crippen LogP contribution is 2.24. The van der Waals surface area contributed by atoms with Crippen LogP contribution in [0, 0.1) is 0 Å². The van der Waals surface area contributed by atoms with Crippen LogP contribution in [0.25, 0.3) is 0 Å². The summed E-state index contributed by atoms with van der Waals surface area (Å²) in [7, 11) is 1.67. The van der Waals surface area contributed by atoms with E-state index in [1.54, 1.807) is 13.3 Å². The summed E-state index contributed by atoms with van der Waals surface area (Å²) in [5, 5.41) is 3.41. The van der Waals surface area contributed by atoms with Gasteiger partial charge in [-0.25, -0.2) is 0 Å². The molecule has 0 bridgehead atoms. The van der Waals surface area contributed by atoms with Gasteiger partial charge in [0.15, 0.2) is 0 Å². The quantitative estimate of drug-likeness (QED) is 0.705. The zero-order chi connectivity index (χ0) is 12.5. The number of rotatable bonds is 8. The number of nitrogens with zero attached hydrogens (tertiary/aromatic N) is 1. The van der Waals surface area contributed by atoms with Crippen LogP contribution in [0.4, 0.5) is 0 Å². The molecule has 0 amide bonds. The van der Waals surface area contributed by atoms with E-state index >= 15 is 0 Å². The predicted octanol–water partition coefficient (Wildman–Crippen LogP) is 2.17. The van der Waals surface area contributed by atoms with E-state index in [0.29, 0.717) is 0 Å². The Kier molecular flexibility index (Phi) is 6.58. The zero-order valence-electron chi connectivity index (χ0n) is 10.9. The molecule has 0 fully saturated rings. The lowest BCUT2D eigenvalue weighted by molar-refractivity contribution is 0.136. The zero-order valence-corrected chi connectivity index (χ0v) is 10.9. The molecule has 1 heterocycles. The van der Waals surface area contributed by atoms with Gasteiger partial charge in [-0.3, -0.25) is 4.98 Å². The molecule has 0 aliphatic rings. The number of hydrogen-bond acceptors (Lipinski definition) is 4. The molecule has 1 aromatic rings. The standard InChI is InChI=1S/C13H22N2O2/c1-4-14-11(8-10-17-5-2)13-12(16-3)7-6-9-15-13/h6-7,9,11,14H,4-5,8,10H2,1-3H3. The molecule has 1 unspecified atom stereocenters. The van der Waals surface area contributed by atoms with E-state index in [2.05, 4.69) is 17.2 Å². The van der Waals surface area contributed by atoms with Crippen LogP contribution in [0.2, 0.25) is 0 Å². The van der Waals surface area contributed by atoms with Crippen molar-refractivity contribution in [2.45, 2.75) is 26.3 Å². The first kappa shape index (κ1) is 13.9. The largest absolute Gasteiger partial charge is 0.495 e. The molecule has 0 spiro atoms. The minimum atomic E-state index is 0.183. The van der Waals surface area contributed by atoms with E-state index < -0.39 is 0 Å². The molecular weight excluding hydrogens is 216 g/mol. The van der Waals surface area contributed by atoms with Gasteiger partial charge in [-0.15, -0.1) is 0 Å². The van der Waals surface area contributed by atoms with Gasteiger partial charge >= 0.3 is 0 Å². The fourth-order valence-corrected chi connectivity index (χ4v) is 1.76. The summed E-state index contributed by atoms with van der Waals surface area (Å²) in [6.07, 6.45) is 2.69. The van der Waals surface area contributed by atoms with Crippen molar-refractivity contribution in [1.82, 2.24) is 10.3 Å². The lowest BCUT2D eigenvalue weighted by Gasteiger charge is -2.19. The maximum absolute atomic E-state index is 5.40. The molecule has 1 aromatic heterocycles. The number of nitrogens with one attached hydrogen (secondary N) is 1. The fourth-order valence-electron chi connectivity index (χ4n) is 1.76. The fraction of sp³-hybridized carbons (Fsp3) is 0.615. The second-order valence-electron chi connectivity index (χ2n) is 3.69. The first-order chi connectivity index (χ1) is 8.33. The van der Waals surface area contributed by atoms with Crippen molar-refractivity contribution in [1.29, 1.82) is 0 Å². The molecule has 0 aliphatic heterocycles. The second kappa shape index (κ2) is 8.03. The van der Waals surface area contributed by atoms with Crippen LogP contribution in [0.5, 0.6) is 5.75 Å². The Hall–Kier alpha value is -1.13. The van der Waals surface area contributed by atoms with Gasteiger partial charge in [0.2, 0.25) is 0 Å². The van der Waals surface area contributed by atoms with Gasteiger partial charge < -0.3 is 14.8 Å². The van der Waals surface area contributed by atoms with Crippen LogP contribution in [0.15, 0.2) is 18.3 Å². The Labute approximate surface area is 103 Å². The molecule has 0 aliphatic carbocycles. The molecule has 17 heavy (non-hydrogen) atoms. The lowest BCUT2D eigenvalue weighted by Crippen LogP contribution is -2.23. The highest BCUT2D eigenvalue weighted by molar-refractivity contribution is 5.29. The number of pyridine rings is 1. The van der Waals surface area contributed by atoms with Gasteiger partial charge in [0.25, 0.3) is 0 Å². The summed E-state index contributed by atoms with van der Waals surface area (Å²) in [6, 6.07) is 4.00. The predicted molar refractivity (Wildman–Crippen MR) is 68.3 cm³/mol.